The van der Waals surface area contributed by atoms with Crippen molar-refractivity contribution in [2.24, 2.45) is 0 Å². The van der Waals surface area contributed by atoms with Gasteiger partial charge >= 0.3 is 6.09 Å². The lowest BCUT2D eigenvalue weighted by Crippen LogP contribution is -2.62. The number of hydrogen-bond donors (Lipinski definition) is 0. The maximum Gasteiger partial charge on any atom is 0.410 e. The van der Waals surface area contributed by atoms with Crippen LogP contribution in [-0.2, 0) is 15.1 Å². The molecular formula is C16H20N2O3. The second-order valence-corrected chi connectivity index (χ2v) is 6.22. The first kappa shape index (κ1) is 15.3. The third kappa shape index (κ3) is 3.17. The van der Waals surface area contributed by atoms with Gasteiger partial charge in [0, 0.05) is 7.11 Å². The minimum absolute atomic E-state index is 0.330. The van der Waals surface area contributed by atoms with Crippen LogP contribution in [0.3, 0.4) is 0 Å². The number of amides is 1. The van der Waals surface area contributed by atoms with Gasteiger partial charge in [0.15, 0.2) is 0 Å². The van der Waals surface area contributed by atoms with Gasteiger partial charge in [-0.3, -0.25) is 0 Å². The predicted molar refractivity (Wildman–Crippen MR) is 77.7 cm³/mol. The number of nitrogens with zero attached hydrogens (tertiary/aromatic N) is 2. The largest absolute Gasteiger partial charge is 0.444 e. The number of methoxy groups -OCH3 is 1. The molecule has 1 heterocycles. The van der Waals surface area contributed by atoms with Crippen molar-refractivity contribution in [2.45, 2.75) is 32.0 Å². The summed E-state index contributed by atoms with van der Waals surface area (Å²) < 4.78 is 11.0. The van der Waals surface area contributed by atoms with Gasteiger partial charge in [-0.2, -0.15) is 5.26 Å². The number of hydrogen-bond acceptors (Lipinski definition) is 4. The molecule has 1 amide bonds. The fourth-order valence-electron chi connectivity index (χ4n) is 2.30. The van der Waals surface area contributed by atoms with Crippen molar-refractivity contribution in [3.05, 3.63) is 35.4 Å². The summed E-state index contributed by atoms with van der Waals surface area (Å²) in [7, 11) is 1.63. The summed E-state index contributed by atoms with van der Waals surface area (Å²) in [6.45, 7) is 6.42. The molecule has 0 radical (unpaired) electrons. The molecule has 0 aliphatic carbocycles. The highest BCUT2D eigenvalue weighted by molar-refractivity contribution is 5.70. The fraction of sp³-hybridized carbons (Fsp3) is 0.500. The molecule has 112 valence electrons. The third-order valence-corrected chi connectivity index (χ3v) is 3.48. The summed E-state index contributed by atoms with van der Waals surface area (Å²) in [5, 5.41) is 8.83. The Morgan fingerprint density at radius 1 is 1.29 bits per heavy atom. The van der Waals surface area contributed by atoms with Gasteiger partial charge in [-0.05, 0) is 38.5 Å². The summed E-state index contributed by atoms with van der Waals surface area (Å²) in [5.41, 5.74) is 0.555. The first-order valence-corrected chi connectivity index (χ1v) is 6.83. The second-order valence-electron chi connectivity index (χ2n) is 6.22. The Balaban J connectivity index is 2.06. The summed E-state index contributed by atoms with van der Waals surface area (Å²) >= 11 is 0. The van der Waals surface area contributed by atoms with Crippen molar-refractivity contribution in [1.82, 2.24) is 4.90 Å². The van der Waals surface area contributed by atoms with Crippen LogP contribution in [0.15, 0.2) is 24.3 Å². The van der Waals surface area contributed by atoms with Crippen LogP contribution < -0.4 is 0 Å². The first-order valence-electron chi connectivity index (χ1n) is 6.83. The average molecular weight is 288 g/mol. The highest BCUT2D eigenvalue weighted by atomic mass is 16.6. The number of ether oxygens (including phenoxy) is 2. The smallest absolute Gasteiger partial charge is 0.410 e. The van der Waals surface area contributed by atoms with E-state index >= 15 is 0 Å². The predicted octanol–water partition coefficient (Wildman–Crippen LogP) is 2.65. The van der Waals surface area contributed by atoms with Crippen LogP contribution >= 0.6 is 0 Å². The second kappa shape index (κ2) is 5.38. The molecule has 2 rings (SSSR count). The summed E-state index contributed by atoms with van der Waals surface area (Å²) in [6.07, 6.45) is -0.330. The maximum absolute atomic E-state index is 12.0. The van der Waals surface area contributed by atoms with Crippen LogP contribution in [0.1, 0.15) is 31.9 Å². The Kier molecular flexibility index (Phi) is 3.93. The molecule has 5 nitrogen and oxygen atoms in total. The van der Waals surface area contributed by atoms with Crippen LogP contribution in [0, 0.1) is 11.3 Å². The zero-order chi connectivity index (χ0) is 15.7. The molecule has 5 heteroatoms. The molecule has 21 heavy (non-hydrogen) atoms. The molecule has 0 spiro atoms. The number of benzene rings is 1. The van der Waals surface area contributed by atoms with Gasteiger partial charge in [0.05, 0.1) is 24.7 Å². The lowest BCUT2D eigenvalue weighted by Gasteiger charge is -2.49. The van der Waals surface area contributed by atoms with Crippen LogP contribution in [0.5, 0.6) is 0 Å². The Hall–Kier alpha value is -2.06. The lowest BCUT2D eigenvalue weighted by atomic mass is 9.85. The molecule has 1 fully saturated rings. The van der Waals surface area contributed by atoms with Crippen LogP contribution in [0.25, 0.3) is 0 Å². The molecule has 0 N–H and O–H groups in total. The first-order chi connectivity index (χ1) is 9.79. The average Bonchev–Trinajstić information content (AvgIpc) is 2.37. The van der Waals surface area contributed by atoms with E-state index in [-0.39, 0.29) is 6.09 Å². The number of carbonyl (C=O) groups excluding carboxylic acids is 1. The van der Waals surface area contributed by atoms with E-state index in [0.717, 1.165) is 5.56 Å². The van der Waals surface area contributed by atoms with Crippen molar-refractivity contribution < 1.29 is 14.3 Å². The SMILES string of the molecule is COC1(c2ccc(C#N)cc2)CN(C(=O)OC(C)(C)C)C1. The molecule has 0 aromatic heterocycles. The normalized spacial score (nSPS) is 16.8. The molecule has 1 aromatic rings. The molecule has 0 saturated carbocycles. The zero-order valence-corrected chi connectivity index (χ0v) is 12.8. The zero-order valence-electron chi connectivity index (χ0n) is 12.8. The van der Waals surface area contributed by atoms with Crippen LogP contribution in [0.2, 0.25) is 0 Å². The number of rotatable bonds is 2. The minimum atomic E-state index is -0.509. The van der Waals surface area contributed by atoms with Crippen molar-refractivity contribution in [2.75, 3.05) is 20.2 Å². The van der Waals surface area contributed by atoms with Gasteiger partial charge in [0.1, 0.15) is 11.2 Å². The molecule has 0 unspecified atom stereocenters. The molecule has 1 aromatic carbocycles. The van der Waals surface area contributed by atoms with E-state index in [4.69, 9.17) is 14.7 Å². The van der Waals surface area contributed by atoms with Gasteiger partial charge in [-0.25, -0.2) is 4.79 Å². The number of likely N-dealkylation sites (tertiary alicyclic amines) is 1. The number of carbonyl (C=O) groups is 1. The molecular weight excluding hydrogens is 268 g/mol. The Morgan fingerprint density at radius 3 is 2.29 bits per heavy atom. The highest BCUT2D eigenvalue weighted by Gasteiger charge is 2.48. The lowest BCUT2D eigenvalue weighted by molar-refractivity contribution is -0.127. The summed E-state index contributed by atoms with van der Waals surface area (Å²) in [4.78, 5) is 13.6. The van der Waals surface area contributed by atoms with Gasteiger partial charge in [-0.15, -0.1) is 0 Å². The molecule has 1 aliphatic heterocycles. The summed E-state index contributed by atoms with van der Waals surface area (Å²) in [5.74, 6) is 0. The van der Waals surface area contributed by atoms with E-state index in [1.54, 1.807) is 24.1 Å². The van der Waals surface area contributed by atoms with Crippen molar-refractivity contribution >= 4 is 6.09 Å². The monoisotopic (exact) mass is 288 g/mol. The molecule has 0 bridgehead atoms. The standard InChI is InChI=1S/C16H20N2O3/c1-15(2,3)21-14(19)18-10-16(11-18,20-4)13-7-5-12(9-17)6-8-13/h5-8H,10-11H2,1-4H3. The van der Waals surface area contributed by atoms with Gasteiger partial charge in [0.25, 0.3) is 0 Å². The Bertz CT molecular complexity index is 561. The van der Waals surface area contributed by atoms with Gasteiger partial charge in [0.2, 0.25) is 0 Å². The Morgan fingerprint density at radius 2 is 1.86 bits per heavy atom. The van der Waals surface area contributed by atoms with Crippen molar-refractivity contribution in [1.29, 1.82) is 5.26 Å². The van der Waals surface area contributed by atoms with Gasteiger partial charge in [-0.1, -0.05) is 12.1 Å². The quantitative estimate of drug-likeness (QED) is 0.839. The van der Waals surface area contributed by atoms with E-state index in [0.29, 0.717) is 18.7 Å². The van der Waals surface area contributed by atoms with E-state index in [1.165, 1.54) is 0 Å². The maximum atomic E-state index is 12.0. The van der Waals surface area contributed by atoms with E-state index in [1.807, 2.05) is 32.9 Å². The van der Waals surface area contributed by atoms with Crippen molar-refractivity contribution in [3.63, 3.8) is 0 Å². The summed E-state index contributed by atoms with van der Waals surface area (Å²) in [6, 6.07) is 9.34. The minimum Gasteiger partial charge on any atom is -0.444 e. The van der Waals surface area contributed by atoms with Crippen molar-refractivity contribution in [3.8, 4) is 6.07 Å². The highest BCUT2D eigenvalue weighted by Crippen LogP contribution is 2.36. The molecule has 0 atom stereocenters. The van der Waals surface area contributed by atoms with Gasteiger partial charge < -0.3 is 14.4 Å². The molecule has 1 aliphatic rings. The number of nitriles is 1. The van der Waals surface area contributed by atoms with E-state index in [2.05, 4.69) is 6.07 Å². The molecule has 1 saturated heterocycles. The topological polar surface area (TPSA) is 62.6 Å². The van der Waals surface area contributed by atoms with E-state index in [9.17, 15) is 4.79 Å². The Labute approximate surface area is 125 Å². The van der Waals surface area contributed by atoms with E-state index < -0.39 is 11.2 Å². The third-order valence-electron chi connectivity index (χ3n) is 3.48. The fourth-order valence-corrected chi connectivity index (χ4v) is 2.30. The van der Waals surface area contributed by atoms with Crippen LogP contribution in [-0.4, -0.2) is 36.8 Å². The van der Waals surface area contributed by atoms with Crippen LogP contribution in [0.4, 0.5) is 4.79 Å².